The van der Waals surface area contributed by atoms with Gasteiger partial charge in [-0.2, -0.15) is 10.2 Å². The molecule has 0 aliphatic carbocycles. The summed E-state index contributed by atoms with van der Waals surface area (Å²) >= 11 is 0. The van der Waals surface area contributed by atoms with Gasteiger partial charge in [-0.05, 0) is 42.3 Å². The van der Waals surface area contributed by atoms with Crippen LogP contribution >= 0.6 is 0 Å². The zero-order valence-electron chi connectivity index (χ0n) is 11.7. The Kier molecular flexibility index (Phi) is 5.04. The first kappa shape index (κ1) is 14.7. The molecule has 0 radical (unpaired) electrons. The monoisotopic (exact) mass is 284 g/mol. The third kappa shape index (κ3) is 4.72. The summed E-state index contributed by atoms with van der Waals surface area (Å²) in [5, 5.41) is 16.5. The van der Waals surface area contributed by atoms with E-state index in [1.165, 1.54) is 0 Å². The number of aromatic nitrogens is 2. The minimum atomic E-state index is -0.871. The summed E-state index contributed by atoms with van der Waals surface area (Å²) in [4.78, 5) is 10.4. The maximum atomic E-state index is 10.4. The molecule has 2 aromatic rings. The lowest BCUT2D eigenvalue weighted by Crippen LogP contribution is -2.04. The summed E-state index contributed by atoms with van der Waals surface area (Å²) in [5.41, 5.74) is 2.82. The van der Waals surface area contributed by atoms with Gasteiger partial charge >= 0.3 is 5.97 Å². The molecule has 2 rings (SSSR count). The lowest BCUT2D eigenvalue weighted by Gasteiger charge is -2.05. The summed E-state index contributed by atoms with van der Waals surface area (Å²) in [6, 6.07) is 9.35. The Morgan fingerprint density at radius 2 is 2.19 bits per heavy atom. The minimum absolute atomic E-state index is 0.0150. The molecule has 1 aromatic carbocycles. The fourth-order valence-electron chi connectivity index (χ4n) is 1.71. The summed E-state index contributed by atoms with van der Waals surface area (Å²) in [6.07, 6.45) is 5.45. The number of nitrogens with zero attached hydrogens (tertiary/aromatic N) is 2. The maximum Gasteiger partial charge on any atom is 0.306 e. The van der Waals surface area contributed by atoms with Crippen LogP contribution in [0.3, 0.4) is 0 Å². The first-order valence-corrected chi connectivity index (χ1v) is 6.56. The highest BCUT2D eigenvalue weighted by Gasteiger charge is 1.99. The van der Waals surface area contributed by atoms with Crippen molar-refractivity contribution in [2.45, 2.75) is 13.3 Å². The zero-order chi connectivity index (χ0) is 15.1. The van der Waals surface area contributed by atoms with Crippen molar-refractivity contribution in [3.8, 4) is 5.75 Å². The van der Waals surface area contributed by atoms with Crippen LogP contribution in [-0.4, -0.2) is 27.9 Å². The highest BCUT2D eigenvalue weighted by Crippen LogP contribution is 2.16. The number of rotatable bonds is 6. The van der Waals surface area contributed by atoms with Crippen LogP contribution in [0.1, 0.15) is 23.2 Å². The van der Waals surface area contributed by atoms with Crippen LogP contribution in [0.15, 0.2) is 36.5 Å². The Labute approximate surface area is 122 Å². The number of aryl methyl sites for hydroxylation is 1. The van der Waals surface area contributed by atoms with Crippen molar-refractivity contribution in [1.29, 1.82) is 0 Å². The highest BCUT2D eigenvalue weighted by molar-refractivity contribution is 5.69. The van der Waals surface area contributed by atoms with Gasteiger partial charge in [0.1, 0.15) is 5.75 Å². The third-order valence-electron chi connectivity index (χ3n) is 2.84. The van der Waals surface area contributed by atoms with Gasteiger partial charge in [0.25, 0.3) is 0 Å². The average molecular weight is 284 g/mol. The van der Waals surface area contributed by atoms with E-state index < -0.39 is 5.97 Å². The fourth-order valence-corrected chi connectivity index (χ4v) is 1.71. The van der Waals surface area contributed by atoms with Gasteiger partial charge in [-0.1, -0.05) is 18.2 Å². The van der Waals surface area contributed by atoms with E-state index in [-0.39, 0.29) is 13.0 Å². The number of aliphatic carboxylic acids is 1. The van der Waals surface area contributed by atoms with E-state index in [2.05, 4.69) is 10.2 Å². The molecular formula is C16H16N2O3. The second-order valence-corrected chi connectivity index (χ2v) is 4.50. The molecule has 0 spiro atoms. The Balaban J connectivity index is 2.04. The molecule has 0 fully saturated rings. The summed E-state index contributed by atoms with van der Waals surface area (Å²) in [6.45, 7) is 2.13. The lowest BCUT2D eigenvalue weighted by molar-refractivity contribution is -0.137. The third-order valence-corrected chi connectivity index (χ3v) is 2.84. The number of carbonyl (C=O) groups is 1. The molecule has 5 nitrogen and oxygen atoms in total. The first-order valence-electron chi connectivity index (χ1n) is 6.56. The van der Waals surface area contributed by atoms with Gasteiger partial charge in [-0.3, -0.25) is 4.79 Å². The van der Waals surface area contributed by atoms with Crippen molar-refractivity contribution in [1.82, 2.24) is 10.2 Å². The van der Waals surface area contributed by atoms with E-state index in [4.69, 9.17) is 9.84 Å². The normalized spacial score (nSPS) is 10.7. The second-order valence-electron chi connectivity index (χ2n) is 4.50. The summed E-state index contributed by atoms with van der Waals surface area (Å²) < 4.78 is 5.39. The van der Waals surface area contributed by atoms with Gasteiger partial charge in [0, 0.05) is 6.20 Å². The summed E-state index contributed by atoms with van der Waals surface area (Å²) in [5.74, 6) is -0.224. The van der Waals surface area contributed by atoms with Crippen LogP contribution in [-0.2, 0) is 4.79 Å². The topological polar surface area (TPSA) is 72.3 Å². The number of carboxylic acid groups (broad SMARTS) is 1. The number of hydrogen-bond donors (Lipinski definition) is 1. The second kappa shape index (κ2) is 7.19. The number of ether oxygens (including phenoxy) is 1. The van der Waals surface area contributed by atoms with Crippen LogP contribution in [0.25, 0.3) is 12.2 Å². The van der Waals surface area contributed by atoms with Crippen LogP contribution in [0.4, 0.5) is 0 Å². The SMILES string of the molecule is Cc1ccnnc1/C=C/c1cccc(OCCC(=O)O)c1. The molecule has 0 amide bonds. The molecule has 0 saturated carbocycles. The van der Waals surface area contributed by atoms with Crippen LogP contribution in [0.5, 0.6) is 5.75 Å². The average Bonchev–Trinajstić information content (AvgIpc) is 2.46. The van der Waals surface area contributed by atoms with E-state index in [1.807, 2.05) is 43.3 Å². The number of carboxylic acids is 1. The van der Waals surface area contributed by atoms with Crippen LogP contribution < -0.4 is 4.74 Å². The molecule has 1 aromatic heterocycles. The van der Waals surface area contributed by atoms with Gasteiger partial charge in [0.05, 0.1) is 18.7 Å². The zero-order valence-corrected chi connectivity index (χ0v) is 11.7. The number of benzene rings is 1. The molecule has 5 heteroatoms. The fraction of sp³-hybridized carbons (Fsp3) is 0.188. The molecule has 0 bridgehead atoms. The standard InChI is InChI=1S/C16H16N2O3/c1-12-7-9-17-18-15(12)6-5-13-3-2-4-14(11-13)21-10-8-16(19)20/h2-7,9,11H,8,10H2,1H3,(H,19,20)/b6-5+. The molecule has 108 valence electrons. The Morgan fingerprint density at radius 1 is 1.33 bits per heavy atom. The largest absolute Gasteiger partial charge is 0.493 e. The predicted octanol–water partition coefficient (Wildman–Crippen LogP) is 2.81. The quantitative estimate of drug-likeness (QED) is 0.883. The van der Waals surface area contributed by atoms with Crippen molar-refractivity contribution >= 4 is 18.1 Å². The van der Waals surface area contributed by atoms with Gasteiger partial charge in [-0.25, -0.2) is 0 Å². The molecule has 0 saturated heterocycles. The van der Waals surface area contributed by atoms with Crippen molar-refractivity contribution in [2.75, 3.05) is 6.61 Å². The Hall–Kier alpha value is -2.69. The molecule has 0 aliphatic rings. The van der Waals surface area contributed by atoms with Crippen molar-refractivity contribution in [3.05, 3.63) is 53.3 Å². The molecule has 21 heavy (non-hydrogen) atoms. The molecule has 1 N–H and O–H groups in total. The lowest BCUT2D eigenvalue weighted by atomic mass is 10.1. The maximum absolute atomic E-state index is 10.4. The van der Waals surface area contributed by atoms with Crippen LogP contribution in [0.2, 0.25) is 0 Å². The van der Waals surface area contributed by atoms with Gasteiger partial charge in [-0.15, -0.1) is 0 Å². The van der Waals surface area contributed by atoms with E-state index in [1.54, 1.807) is 12.3 Å². The summed E-state index contributed by atoms with van der Waals surface area (Å²) in [7, 11) is 0. The number of hydrogen-bond acceptors (Lipinski definition) is 4. The van der Waals surface area contributed by atoms with Gasteiger partial charge < -0.3 is 9.84 Å². The van der Waals surface area contributed by atoms with E-state index in [0.717, 1.165) is 16.8 Å². The minimum Gasteiger partial charge on any atom is -0.493 e. The highest BCUT2D eigenvalue weighted by atomic mass is 16.5. The molecule has 0 aliphatic heterocycles. The Morgan fingerprint density at radius 3 is 2.95 bits per heavy atom. The molecule has 0 atom stereocenters. The van der Waals surface area contributed by atoms with E-state index in [0.29, 0.717) is 5.75 Å². The molecule has 1 heterocycles. The van der Waals surface area contributed by atoms with Crippen LogP contribution in [0, 0.1) is 6.92 Å². The smallest absolute Gasteiger partial charge is 0.306 e. The van der Waals surface area contributed by atoms with E-state index >= 15 is 0 Å². The molecule has 0 unspecified atom stereocenters. The van der Waals surface area contributed by atoms with Crippen molar-refractivity contribution in [2.24, 2.45) is 0 Å². The molecular weight excluding hydrogens is 268 g/mol. The van der Waals surface area contributed by atoms with E-state index in [9.17, 15) is 4.79 Å². The van der Waals surface area contributed by atoms with Crippen molar-refractivity contribution in [3.63, 3.8) is 0 Å². The predicted molar refractivity (Wildman–Crippen MR) is 79.9 cm³/mol. The van der Waals surface area contributed by atoms with Gasteiger partial charge in [0.15, 0.2) is 0 Å². The van der Waals surface area contributed by atoms with Gasteiger partial charge in [0.2, 0.25) is 0 Å². The first-order chi connectivity index (χ1) is 10.1. The Bertz CT molecular complexity index is 653. The van der Waals surface area contributed by atoms with Crippen molar-refractivity contribution < 1.29 is 14.6 Å².